The molecule has 216 valence electrons. The minimum Gasteiger partial charge on any atom is -0.444 e. The third-order valence-electron chi connectivity index (χ3n) is 6.34. The van der Waals surface area contributed by atoms with Gasteiger partial charge in [-0.15, -0.1) is 0 Å². The topological polar surface area (TPSA) is 87.7 Å². The van der Waals surface area contributed by atoms with Crippen molar-refractivity contribution in [3.63, 3.8) is 0 Å². The third kappa shape index (κ3) is 11.7. The van der Waals surface area contributed by atoms with Crippen LogP contribution in [0.5, 0.6) is 0 Å². The molecule has 0 bridgehead atoms. The molecule has 1 aromatic carbocycles. The number of hydrogen-bond donors (Lipinski definition) is 2. The van der Waals surface area contributed by atoms with Gasteiger partial charge in [-0.1, -0.05) is 57.7 Å². The number of carbonyl (C=O) groups excluding carboxylic acids is 3. The van der Waals surface area contributed by atoms with Crippen molar-refractivity contribution in [2.45, 2.75) is 111 Å². The van der Waals surface area contributed by atoms with Gasteiger partial charge < -0.3 is 20.3 Å². The second-order valence-corrected chi connectivity index (χ2v) is 11.9. The SMILES string of the molecule is CCCCCNC(=O)C(c1c(C)cccc1C)N(CCCCC)C(=O)C(CCSC)NC(=O)OC(C)(C)C. The van der Waals surface area contributed by atoms with Crippen molar-refractivity contribution in [2.75, 3.05) is 25.1 Å². The third-order valence-corrected chi connectivity index (χ3v) is 6.98. The zero-order valence-electron chi connectivity index (χ0n) is 24.9. The molecular formula is C30H51N3O4S. The number of nitrogens with zero attached hydrogens (tertiary/aromatic N) is 1. The molecule has 0 aliphatic heterocycles. The monoisotopic (exact) mass is 549 g/mol. The Morgan fingerprint density at radius 3 is 2.16 bits per heavy atom. The van der Waals surface area contributed by atoms with Crippen molar-refractivity contribution < 1.29 is 19.1 Å². The highest BCUT2D eigenvalue weighted by Gasteiger charge is 2.37. The molecule has 7 nitrogen and oxygen atoms in total. The van der Waals surface area contributed by atoms with Crippen molar-refractivity contribution in [2.24, 2.45) is 0 Å². The number of hydrogen-bond acceptors (Lipinski definition) is 5. The summed E-state index contributed by atoms with van der Waals surface area (Å²) in [6.45, 7) is 14.6. The first-order valence-electron chi connectivity index (χ1n) is 14.1. The number of thioether (sulfide) groups is 1. The fourth-order valence-corrected chi connectivity index (χ4v) is 4.88. The Hall–Kier alpha value is -2.22. The van der Waals surface area contributed by atoms with E-state index in [1.54, 1.807) is 37.4 Å². The van der Waals surface area contributed by atoms with E-state index in [0.29, 0.717) is 25.3 Å². The largest absolute Gasteiger partial charge is 0.444 e. The van der Waals surface area contributed by atoms with E-state index >= 15 is 0 Å². The van der Waals surface area contributed by atoms with Gasteiger partial charge in [-0.05, 0) is 82.6 Å². The van der Waals surface area contributed by atoms with Gasteiger partial charge in [0.1, 0.15) is 17.7 Å². The standard InChI is InChI=1S/C30H51N3O4S/c1-9-11-13-19-31-27(34)26(25-22(3)16-15-17-23(25)4)33(20-14-12-10-2)28(35)24(18-21-38-8)32-29(36)37-30(5,6)7/h15-17,24,26H,9-14,18-21H2,1-8H3,(H,31,34)(H,32,36). The van der Waals surface area contributed by atoms with Gasteiger partial charge in [-0.3, -0.25) is 9.59 Å². The number of ether oxygens (including phenoxy) is 1. The van der Waals surface area contributed by atoms with E-state index in [1.807, 2.05) is 38.3 Å². The Labute approximate surface area is 235 Å². The number of aryl methyl sites for hydroxylation is 2. The predicted octanol–water partition coefficient (Wildman–Crippen LogP) is 6.32. The van der Waals surface area contributed by atoms with Crippen LogP contribution in [0.3, 0.4) is 0 Å². The predicted molar refractivity (Wildman–Crippen MR) is 159 cm³/mol. The summed E-state index contributed by atoms with van der Waals surface area (Å²) < 4.78 is 5.48. The van der Waals surface area contributed by atoms with Crippen LogP contribution in [-0.2, 0) is 14.3 Å². The van der Waals surface area contributed by atoms with Crippen molar-refractivity contribution in [3.05, 3.63) is 34.9 Å². The summed E-state index contributed by atoms with van der Waals surface area (Å²) in [6, 6.07) is 4.37. The summed E-state index contributed by atoms with van der Waals surface area (Å²) in [6.07, 6.45) is 7.48. The molecule has 2 atom stereocenters. The van der Waals surface area contributed by atoms with Crippen molar-refractivity contribution in [1.29, 1.82) is 0 Å². The van der Waals surface area contributed by atoms with Gasteiger partial charge in [-0.2, -0.15) is 11.8 Å². The van der Waals surface area contributed by atoms with Gasteiger partial charge in [0.25, 0.3) is 0 Å². The van der Waals surface area contributed by atoms with Gasteiger partial charge in [0, 0.05) is 13.1 Å². The smallest absolute Gasteiger partial charge is 0.408 e. The second kappa shape index (κ2) is 17.4. The average molecular weight is 550 g/mol. The maximum Gasteiger partial charge on any atom is 0.408 e. The summed E-state index contributed by atoms with van der Waals surface area (Å²) in [4.78, 5) is 42.5. The van der Waals surface area contributed by atoms with E-state index < -0.39 is 23.8 Å². The molecule has 1 rings (SSSR count). The lowest BCUT2D eigenvalue weighted by Crippen LogP contribution is -2.53. The average Bonchev–Trinajstić information content (AvgIpc) is 2.83. The van der Waals surface area contributed by atoms with Crippen LogP contribution in [0.15, 0.2) is 18.2 Å². The van der Waals surface area contributed by atoms with Crippen LogP contribution in [0.2, 0.25) is 0 Å². The van der Waals surface area contributed by atoms with Gasteiger partial charge in [0.15, 0.2) is 0 Å². The molecule has 0 aromatic heterocycles. The lowest BCUT2D eigenvalue weighted by molar-refractivity contribution is -0.142. The summed E-state index contributed by atoms with van der Waals surface area (Å²) in [5, 5.41) is 5.92. The first-order chi connectivity index (χ1) is 18.0. The number of alkyl carbamates (subject to hydrolysis) is 1. The molecule has 0 heterocycles. The molecule has 0 saturated heterocycles. The quantitative estimate of drug-likeness (QED) is 0.236. The number of benzene rings is 1. The zero-order chi connectivity index (χ0) is 28.7. The molecule has 0 aliphatic carbocycles. The molecule has 0 fully saturated rings. The second-order valence-electron chi connectivity index (χ2n) is 10.9. The molecule has 0 aliphatic rings. The van der Waals surface area contributed by atoms with Gasteiger partial charge in [0.2, 0.25) is 11.8 Å². The normalized spacial score (nSPS) is 12.9. The summed E-state index contributed by atoms with van der Waals surface area (Å²) in [5.41, 5.74) is 2.10. The van der Waals surface area contributed by atoms with Gasteiger partial charge >= 0.3 is 6.09 Å². The van der Waals surface area contributed by atoms with E-state index in [9.17, 15) is 14.4 Å². The molecule has 8 heteroatoms. The lowest BCUT2D eigenvalue weighted by atomic mass is 9.93. The van der Waals surface area contributed by atoms with Crippen LogP contribution in [0.25, 0.3) is 0 Å². The van der Waals surface area contributed by atoms with Gasteiger partial charge in [-0.25, -0.2) is 4.79 Å². The fraction of sp³-hybridized carbons (Fsp3) is 0.700. The maximum atomic E-state index is 14.2. The Balaban J connectivity index is 3.50. The highest BCUT2D eigenvalue weighted by molar-refractivity contribution is 7.98. The van der Waals surface area contributed by atoms with Crippen LogP contribution in [0.4, 0.5) is 4.79 Å². The molecule has 2 N–H and O–H groups in total. The van der Waals surface area contributed by atoms with Gasteiger partial charge in [0.05, 0.1) is 0 Å². The highest BCUT2D eigenvalue weighted by atomic mass is 32.2. The number of amides is 3. The fourth-order valence-electron chi connectivity index (χ4n) is 4.41. The van der Waals surface area contributed by atoms with E-state index in [2.05, 4.69) is 24.5 Å². The van der Waals surface area contributed by atoms with Crippen molar-refractivity contribution in [1.82, 2.24) is 15.5 Å². The molecule has 0 radical (unpaired) electrons. The number of carbonyl (C=O) groups is 3. The number of nitrogens with one attached hydrogen (secondary N) is 2. The van der Waals surface area contributed by atoms with E-state index in [0.717, 1.165) is 55.2 Å². The molecular weight excluding hydrogens is 498 g/mol. The molecule has 1 aromatic rings. The van der Waals surface area contributed by atoms with E-state index in [-0.39, 0.29) is 11.8 Å². The summed E-state index contributed by atoms with van der Waals surface area (Å²) in [7, 11) is 0. The zero-order valence-corrected chi connectivity index (χ0v) is 25.8. The molecule has 0 saturated carbocycles. The maximum absolute atomic E-state index is 14.2. The molecule has 38 heavy (non-hydrogen) atoms. The van der Waals surface area contributed by atoms with Crippen LogP contribution in [0.1, 0.15) is 102 Å². The van der Waals surface area contributed by atoms with E-state index in [1.165, 1.54) is 0 Å². The molecule has 3 amide bonds. The Morgan fingerprint density at radius 2 is 1.61 bits per heavy atom. The van der Waals surface area contributed by atoms with Crippen LogP contribution in [-0.4, -0.2) is 59.5 Å². The summed E-state index contributed by atoms with van der Waals surface area (Å²) in [5.74, 6) is 0.258. The first kappa shape index (κ1) is 33.8. The van der Waals surface area contributed by atoms with Crippen LogP contribution in [0, 0.1) is 13.8 Å². The van der Waals surface area contributed by atoms with Crippen molar-refractivity contribution in [3.8, 4) is 0 Å². The van der Waals surface area contributed by atoms with Crippen LogP contribution < -0.4 is 10.6 Å². The number of unbranched alkanes of at least 4 members (excludes halogenated alkanes) is 4. The Morgan fingerprint density at radius 1 is 1.00 bits per heavy atom. The number of rotatable bonds is 16. The first-order valence-corrected chi connectivity index (χ1v) is 15.5. The van der Waals surface area contributed by atoms with Crippen LogP contribution >= 0.6 is 11.8 Å². The Kier molecular flexibility index (Phi) is 15.5. The summed E-state index contributed by atoms with van der Waals surface area (Å²) >= 11 is 1.61. The minimum absolute atomic E-state index is 0.177. The lowest BCUT2D eigenvalue weighted by Gasteiger charge is -2.36. The van der Waals surface area contributed by atoms with E-state index in [4.69, 9.17) is 4.74 Å². The minimum atomic E-state index is -0.793. The molecule has 0 spiro atoms. The van der Waals surface area contributed by atoms with Crippen molar-refractivity contribution >= 4 is 29.7 Å². The Bertz CT molecular complexity index is 864. The molecule has 2 unspecified atom stereocenters. The highest BCUT2D eigenvalue weighted by Crippen LogP contribution is 2.29.